The molecule has 28 heavy (non-hydrogen) atoms. The molecule has 1 heterocycles. The van der Waals surface area contributed by atoms with Gasteiger partial charge in [0.2, 0.25) is 0 Å². The zero-order valence-electron chi connectivity index (χ0n) is 13.7. The number of nitrogens with one attached hydrogen (secondary N) is 2. The van der Waals surface area contributed by atoms with Gasteiger partial charge in [0.05, 0.1) is 8.95 Å². The molecule has 1 saturated heterocycles. The van der Waals surface area contributed by atoms with Crippen LogP contribution in [0.2, 0.25) is 0 Å². The van der Waals surface area contributed by atoms with Gasteiger partial charge in [-0.3, -0.25) is 20.2 Å². The van der Waals surface area contributed by atoms with Crippen LogP contribution in [0.25, 0.3) is 6.08 Å². The van der Waals surface area contributed by atoms with Crippen molar-refractivity contribution in [2.75, 3.05) is 0 Å². The Morgan fingerprint density at radius 2 is 1.50 bits per heavy atom. The molecule has 11 heteroatoms. The van der Waals surface area contributed by atoms with Gasteiger partial charge in [-0.25, -0.2) is 0 Å². The van der Waals surface area contributed by atoms with Crippen molar-refractivity contribution in [3.05, 3.63) is 62.5 Å². The Bertz CT molecular complexity index is 1090. The lowest BCUT2D eigenvalue weighted by Crippen LogP contribution is -2.51. The molecule has 1 aliphatic rings. The fourth-order valence-electron chi connectivity index (χ4n) is 2.26. The van der Waals surface area contributed by atoms with Crippen molar-refractivity contribution in [2.24, 2.45) is 0 Å². The van der Waals surface area contributed by atoms with Gasteiger partial charge in [-0.1, -0.05) is 18.2 Å². The minimum atomic E-state index is -4.04. The smallest absolute Gasteiger partial charge is 0.339 e. The van der Waals surface area contributed by atoms with Gasteiger partial charge >= 0.3 is 10.1 Å². The first kappa shape index (κ1) is 20.6. The summed E-state index contributed by atoms with van der Waals surface area (Å²) in [5, 5.41) is 4.60. The molecule has 144 valence electrons. The van der Waals surface area contributed by atoms with E-state index in [1.807, 2.05) is 0 Å². The topological polar surface area (TPSA) is 102 Å². The first-order chi connectivity index (χ1) is 13.2. The van der Waals surface area contributed by atoms with Crippen molar-refractivity contribution >= 4 is 77.2 Å². The molecule has 3 rings (SSSR count). The maximum absolute atomic E-state index is 12.4. The average molecular weight is 546 g/mol. The van der Waals surface area contributed by atoms with Crippen LogP contribution in [0, 0.1) is 0 Å². The third-order valence-corrected chi connectivity index (χ3v) is 6.12. The molecule has 0 spiro atoms. The fraction of sp³-hybridized carbons (Fsp3) is 0. The predicted molar refractivity (Wildman–Crippen MR) is 113 cm³/mol. The van der Waals surface area contributed by atoms with Crippen molar-refractivity contribution in [3.63, 3.8) is 0 Å². The second kappa shape index (κ2) is 8.11. The first-order valence-corrected chi connectivity index (χ1v) is 10.9. The van der Waals surface area contributed by atoms with Crippen molar-refractivity contribution < 1.29 is 22.2 Å². The molecule has 0 atom stereocenters. The maximum Gasteiger partial charge on any atom is 0.339 e. The number of rotatable bonds is 4. The number of thiocarbonyl (C=S) groups is 1. The third kappa shape index (κ3) is 4.49. The van der Waals surface area contributed by atoms with Gasteiger partial charge in [0.1, 0.15) is 10.5 Å². The number of halogens is 2. The summed E-state index contributed by atoms with van der Waals surface area (Å²) < 4.78 is 30.7. The Balaban J connectivity index is 1.94. The standard InChI is InChI=1S/C17H10Br2N2O5S2/c18-12-7-9(6-11-15(22)20-17(27)21-16(11)23)8-13(19)14(12)26-28(24,25)10-4-2-1-3-5-10/h1-8H,(H2,20,21,22,23,27). The second-order valence-corrected chi connectivity index (χ2v) is 9.12. The van der Waals surface area contributed by atoms with Gasteiger partial charge in [0.25, 0.3) is 11.8 Å². The van der Waals surface area contributed by atoms with Crippen molar-refractivity contribution in [1.29, 1.82) is 0 Å². The number of benzene rings is 2. The van der Waals surface area contributed by atoms with Crippen LogP contribution < -0.4 is 14.8 Å². The summed E-state index contributed by atoms with van der Waals surface area (Å²) in [6.07, 6.45) is 1.34. The highest BCUT2D eigenvalue weighted by molar-refractivity contribution is 9.11. The average Bonchev–Trinajstić information content (AvgIpc) is 2.62. The Hall–Kier alpha value is -2.08. The summed E-state index contributed by atoms with van der Waals surface area (Å²) in [5.74, 6) is -1.23. The zero-order valence-corrected chi connectivity index (χ0v) is 18.5. The summed E-state index contributed by atoms with van der Waals surface area (Å²) in [6, 6.07) is 10.7. The molecule has 7 nitrogen and oxygen atoms in total. The Morgan fingerprint density at radius 1 is 0.964 bits per heavy atom. The Morgan fingerprint density at radius 3 is 2.04 bits per heavy atom. The number of hydrogen-bond acceptors (Lipinski definition) is 6. The summed E-state index contributed by atoms with van der Waals surface area (Å²) in [5.41, 5.74) is 0.314. The third-order valence-electron chi connectivity index (χ3n) is 3.50. The second-order valence-electron chi connectivity index (χ2n) is 5.46. The summed E-state index contributed by atoms with van der Waals surface area (Å²) in [7, 11) is -4.04. The van der Waals surface area contributed by atoms with Crippen LogP contribution in [-0.4, -0.2) is 25.3 Å². The van der Waals surface area contributed by atoms with Crippen molar-refractivity contribution in [3.8, 4) is 5.75 Å². The van der Waals surface area contributed by atoms with Gasteiger partial charge in [-0.05, 0) is 80.0 Å². The molecular weight excluding hydrogens is 536 g/mol. The van der Waals surface area contributed by atoms with E-state index >= 15 is 0 Å². The van der Waals surface area contributed by atoms with E-state index in [1.165, 1.54) is 30.3 Å². The van der Waals surface area contributed by atoms with Crippen LogP contribution >= 0.6 is 44.1 Å². The lowest BCUT2D eigenvalue weighted by molar-refractivity contribution is -0.123. The molecule has 1 fully saturated rings. The van der Waals surface area contributed by atoms with E-state index in [-0.39, 0.29) is 21.3 Å². The number of amides is 2. The molecular formula is C17H10Br2N2O5S2. The normalized spacial score (nSPS) is 14.4. The molecule has 2 aromatic rings. The van der Waals surface area contributed by atoms with Crippen LogP contribution in [0.1, 0.15) is 5.56 Å². The number of carbonyl (C=O) groups is 2. The van der Waals surface area contributed by atoms with Crippen LogP contribution in [0.3, 0.4) is 0 Å². The van der Waals surface area contributed by atoms with E-state index in [4.69, 9.17) is 16.4 Å². The van der Waals surface area contributed by atoms with Crippen molar-refractivity contribution in [1.82, 2.24) is 10.6 Å². The van der Waals surface area contributed by atoms with E-state index in [2.05, 4.69) is 42.5 Å². The summed E-state index contributed by atoms with van der Waals surface area (Å²) in [6.45, 7) is 0. The van der Waals surface area contributed by atoms with E-state index in [1.54, 1.807) is 18.2 Å². The molecule has 2 aromatic carbocycles. The largest absolute Gasteiger partial charge is 0.377 e. The lowest BCUT2D eigenvalue weighted by atomic mass is 10.1. The van der Waals surface area contributed by atoms with Crippen molar-refractivity contribution in [2.45, 2.75) is 4.90 Å². The lowest BCUT2D eigenvalue weighted by Gasteiger charge is -2.16. The predicted octanol–water partition coefficient (Wildman–Crippen LogP) is 2.89. The first-order valence-electron chi connectivity index (χ1n) is 7.54. The minimum absolute atomic E-state index is 0.00603. The summed E-state index contributed by atoms with van der Waals surface area (Å²) in [4.78, 5) is 23.9. The highest BCUT2D eigenvalue weighted by Crippen LogP contribution is 2.37. The van der Waals surface area contributed by atoms with Gasteiger partial charge < -0.3 is 4.18 Å². The van der Waals surface area contributed by atoms with Crippen LogP contribution in [-0.2, 0) is 19.7 Å². The van der Waals surface area contributed by atoms with Gasteiger partial charge in [0, 0.05) is 0 Å². The fourth-order valence-corrected chi connectivity index (χ4v) is 5.03. The number of carbonyl (C=O) groups excluding carboxylic acids is 2. The minimum Gasteiger partial charge on any atom is -0.377 e. The monoisotopic (exact) mass is 544 g/mol. The zero-order chi connectivity index (χ0) is 20.5. The Labute approximate surface area is 182 Å². The van der Waals surface area contributed by atoms with Crippen LogP contribution in [0.4, 0.5) is 0 Å². The molecule has 0 bridgehead atoms. The Kier molecular flexibility index (Phi) is 5.98. The molecule has 1 aliphatic heterocycles. The highest BCUT2D eigenvalue weighted by Gasteiger charge is 2.26. The van der Waals surface area contributed by atoms with E-state index in [9.17, 15) is 18.0 Å². The molecule has 0 radical (unpaired) electrons. The SMILES string of the molecule is O=C1NC(=S)NC(=O)C1=Cc1cc(Br)c(OS(=O)(=O)c2ccccc2)c(Br)c1. The molecule has 2 amide bonds. The van der Waals surface area contributed by atoms with E-state index in [0.29, 0.717) is 14.5 Å². The van der Waals surface area contributed by atoms with Crippen LogP contribution in [0.15, 0.2) is 61.9 Å². The summed E-state index contributed by atoms with van der Waals surface area (Å²) >= 11 is 11.3. The molecule has 2 N–H and O–H groups in total. The molecule has 0 unspecified atom stereocenters. The molecule has 0 aromatic heterocycles. The van der Waals surface area contributed by atoms with Crippen LogP contribution in [0.5, 0.6) is 5.75 Å². The van der Waals surface area contributed by atoms with Gasteiger partial charge in [0.15, 0.2) is 10.9 Å². The van der Waals surface area contributed by atoms with Gasteiger partial charge in [-0.2, -0.15) is 8.42 Å². The quantitative estimate of drug-likeness (QED) is 0.265. The van der Waals surface area contributed by atoms with E-state index < -0.39 is 21.9 Å². The van der Waals surface area contributed by atoms with Gasteiger partial charge in [-0.15, -0.1) is 0 Å². The molecule has 0 saturated carbocycles. The molecule has 0 aliphatic carbocycles. The van der Waals surface area contributed by atoms with E-state index in [0.717, 1.165) is 0 Å². The highest BCUT2D eigenvalue weighted by atomic mass is 79.9. The number of hydrogen-bond donors (Lipinski definition) is 2. The maximum atomic E-state index is 12.4.